The van der Waals surface area contributed by atoms with Gasteiger partial charge in [-0.25, -0.2) is 9.78 Å². The predicted octanol–water partition coefficient (Wildman–Crippen LogP) is 5.41. The first kappa shape index (κ1) is 21.1. The number of hydrogen-bond acceptors (Lipinski definition) is 5. The molecule has 0 radical (unpaired) electrons. The molecule has 4 aromatic rings. The maximum absolute atomic E-state index is 13.0. The summed E-state index contributed by atoms with van der Waals surface area (Å²) in [7, 11) is 0. The first-order valence-electron chi connectivity index (χ1n) is 10.2. The Morgan fingerprint density at radius 2 is 1.94 bits per heavy atom. The Balaban J connectivity index is 1.80. The van der Waals surface area contributed by atoms with Crippen LogP contribution in [-0.4, -0.2) is 9.55 Å². The molecule has 0 N–H and O–H groups in total. The van der Waals surface area contributed by atoms with Gasteiger partial charge in [-0.2, -0.15) is 0 Å². The Morgan fingerprint density at radius 3 is 2.68 bits per heavy atom. The molecule has 0 fully saturated rings. The van der Waals surface area contributed by atoms with E-state index in [9.17, 15) is 9.59 Å². The molecule has 0 bridgehead atoms. The molecule has 0 unspecified atom stereocenters. The highest BCUT2D eigenvalue weighted by Crippen LogP contribution is 2.30. The largest absolute Gasteiger partial charge is 0.423 e. The van der Waals surface area contributed by atoms with Crippen molar-refractivity contribution in [3.63, 3.8) is 0 Å². The maximum Gasteiger partial charge on any atom is 0.336 e. The fraction of sp³-hybridized carbons (Fsp3) is 0.240. The van der Waals surface area contributed by atoms with E-state index in [2.05, 4.69) is 26.5 Å². The SMILES string of the molecule is C=CCn1c(SCc2cc(=O)oc3cc(C)c(C(C)C)cc23)nc2ccccc2c1=O. The van der Waals surface area contributed by atoms with E-state index in [1.165, 1.54) is 23.4 Å². The van der Waals surface area contributed by atoms with Crippen LogP contribution in [-0.2, 0) is 12.3 Å². The fourth-order valence-electron chi connectivity index (χ4n) is 3.82. The summed E-state index contributed by atoms with van der Waals surface area (Å²) in [6, 6.07) is 12.9. The van der Waals surface area contributed by atoms with E-state index in [1.54, 1.807) is 16.7 Å². The number of para-hydroxylation sites is 1. The van der Waals surface area contributed by atoms with E-state index in [1.807, 2.05) is 31.2 Å². The summed E-state index contributed by atoms with van der Waals surface area (Å²) in [4.78, 5) is 29.9. The van der Waals surface area contributed by atoms with E-state index in [0.717, 1.165) is 16.5 Å². The van der Waals surface area contributed by atoms with Crippen molar-refractivity contribution in [3.05, 3.63) is 92.6 Å². The topological polar surface area (TPSA) is 65.1 Å². The number of allylic oxidation sites excluding steroid dienone is 1. The lowest BCUT2D eigenvalue weighted by Crippen LogP contribution is -2.22. The average molecular weight is 433 g/mol. The third-order valence-electron chi connectivity index (χ3n) is 5.33. The molecule has 2 aromatic carbocycles. The van der Waals surface area contributed by atoms with Crippen LogP contribution in [0.25, 0.3) is 21.9 Å². The van der Waals surface area contributed by atoms with Crippen molar-refractivity contribution in [2.75, 3.05) is 0 Å². The van der Waals surface area contributed by atoms with Crippen LogP contribution in [0.5, 0.6) is 0 Å². The van der Waals surface area contributed by atoms with Crippen LogP contribution in [0.3, 0.4) is 0 Å². The van der Waals surface area contributed by atoms with Gasteiger partial charge in [0.1, 0.15) is 5.58 Å². The summed E-state index contributed by atoms with van der Waals surface area (Å²) >= 11 is 1.43. The van der Waals surface area contributed by atoms with Gasteiger partial charge in [0.2, 0.25) is 0 Å². The highest BCUT2D eigenvalue weighted by Gasteiger charge is 2.14. The highest BCUT2D eigenvalue weighted by molar-refractivity contribution is 7.98. The highest BCUT2D eigenvalue weighted by atomic mass is 32.2. The maximum atomic E-state index is 13.0. The minimum atomic E-state index is -0.380. The van der Waals surface area contributed by atoms with Crippen LogP contribution >= 0.6 is 11.8 Å². The van der Waals surface area contributed by atoms with Gasteiger partial charge in [0.25, 0.3) is 5.56 Å². The van der Waals surface area contributed by atoms with Crippen LogP contribution in [0.1, 0.15) is 36.5 Å². The first-order chi connectivity index (χ1) is 14.9. The Morgan fingerprint density at radius 1 is 1.16 bits per heavy atom. The smallest absolute Gasteiger partial charge is 0.336 e. The minimum Gasteiger partial charge on any atom is -0.423 e. The van der Waals surface area contributed by atoms with Crippen LogP contribution in [0, 0.1) is 6.92 Å². The standard InChI is InChI=1S/C25H24N2O3S/c1-5-10-27-24(29)18-8-6-7-9-21(18)26-25(27)31-14-17-12-23(28)30-22-11-16(4)19(15(2)3)13-20(17)22/h5-9,11-13,15H,1,10,14H2,2-4H3. The second-order valence-electron chi connectivity index (χ2n) is 7.85. The van der Waals surface area contributed by atoms with E-state index in [-0.39, 0.29) is 11.2 Å². The van der Waals surface area contributed by atoms with Crippen molar-refractivity contribution in [3.8, 4) is 0 Å². The molecule has 0 aliphatic carbocycles. The van der Waals surface area contributed by atoms with Gasteiger partial charge in [-0.3, -0.25) is 9.36 Å². The van der Waals surface area contributed by atoms with Gasteiger partial charge in [0, 0.05) is 23.8 Å². The van der Waals surface area contributed by atoms with Crippen molar-refractivity contribution in [2.24, 2.45) is 0 Å². The van der Waals surface area contributed by atoms with Crippen LogP contribution < -0.4 is 11.2 Å². The van der Waals surface area contributed by atoms with E-state index < -0.39 is 0 Å². The molecule has 4 rings (SSSR count). The van der Waals surface area contributed by atoms with Crippen molar-refractivity contribution >= 4 is 33.6 Å². The normalized spacial score (nSPS) is 11.5. The second kappa shape index (κ2) is 8.55. The van der Waals surface area contributed by atoms with E-state index >= 15 is 0 Å². The molecule has 2 heterocycles. The van der Waals surface area contributed by atoms with Gasteiger partial charge in [0.05, 0.1) is 10.9 Å². The zero-order valence-electron chi connectivity index (χ0n) is 17.8. The van der Waals surface area contributed by atoms with Gasteiger partial charge in [0.15, 0.2) is 5.16 Å². The van der Waals surface area contributed by atoms with Crippen molar-refractivity contribution in [1.82, 2.24) is 9.55 Å². The molecule has 31 heavy (non-hydrogen) atoms. The molecule has 0 saturated carbocycles. The van der Waals surface area contributed by atoms with Crippen LogP contribution in [0.15, 0.2) is 74.3 Å². The predicted molar refractivity (Wildman–Crippen MR) is 127 cm³/mol. The molecule has 0 aliphatic heterocycles. The van der Waals surface area contributed by atoms with Crippen LogP contribution in [0.2, 0.25) is 0 Å². The van der Waals surface area contributed by atoms with Gasteiger partial charge >= 0.3 is 5.63 Å². The molecule has 0 atom stereocenters. The van der Waals surface area contributed by atoms with Gasteiger partial charge < -0.3 is 4.42 Å². The molecule has 2 aromatic heterocycles. The summed E-state index contributed by atoms with van der Waals surface area (Å²) in [6.07, 6.45) is 1.69. The third-order valence-corrected chi connectivity index (χ3v) is 6.36. The summed E-state index contributed by atoms with van der Waals surface area (Å²) < 4.78 is 7.08. The van der Waals surface area contributed by atoms with Gasteiger partial charge in [-0.1, -0.05) is 43.8 Å². The number of nitrogens with zero attached hydrogens (tertiary/aromatic N) is 2. The lowest BCUT2D eigenvalue weighted by Gasteiger charge is -2.14. The summed E-state index contributed by atoms with van der Waals surface area (Å²) in [5.74, 6) is 0.849. The molecular weight excluding hydrogens is 408 g/mol. The third kappa shape index (κ3) is 4.08. The van der Waals surface area contributed by atoms with Crippen LogP contribution in [0.4, 0.5) is 0 Å². The number of aryl methyl sites for hydroxylation is 1. The average Bonchev–Trinajstić information content (AvgIpc) is 2.73. The quantitative estimate of drug-likeness (QED) is 0.176. The van der Waals surface area contributed by atoms with Crippen molar-refractivity contribution in [1.29, 1.82) is 0 Å². The van der Waals surface area contributed by atoms with E-state index in [4.69, 9.17) is 9.40 Å². The Labute approximate surface area is 184 Å². The summed E-state index contributed by atoms with van der Waals surface area (Å²) in [5.41, 5.74) is 3.96. The molecule has 5 nitrogen and oxygen atoms in total. The molecule has 6 heteroatoms. The molecule has 0 aliphatic rings. The minimum absolute atomic E-state index is 0.0943. The molecular formula is C25H24N2O3S. The van der Waals surface area contributed by atoms with E-state index in [0.29, 0.717) is 39.9 Å². The zero-order chi connectivity index (χ0) is 22.1. The number of aromatic nitrogens is 2. The van der Waals surface area contributed by atoms with Gasteiger partial charge in [-0.15, -0.1) is 6.58 Å². The lowest BCUT2D eigenvalue weighted by atomic mass is 9.95. The molecule has 0 amide bonds. The lowest BCUT2D eigenvalue weighted by molar-refractivity contribution is 0.559. The zero-order valence-corrected chi connectivity index (χ0v) is 18.7. The first-order valence-corrected chi connectivity index (χ1v) is 11.2. The number of hydrogen-bond donors (Lipinski definition) is 0. The monoisotopic (exact) mass is 432 g/mol. The molecule has 0 saturated heterocycles. The number of benzene rings is 2. The Bertz CT molecular complexity index is 1420. The summed E-state index contributed by atoms with van der Waals surface area (Å²) in [5, 5.41) is 2.09. The van der Waals surface area contributed by atoms with Crippen molar-refractivity contribution in [2.45, 2.75) is 44.1 Å². The molecule has 0 spiro atoms. The van der Waals surface area contributed by atoms with Gasteiger partial charge in [-0.05, 0) is 53.8 Å². The molecule has 158 valence electrons. The number of thioether (sulfide) groups is 1. The fourth-order valence-corrected chi connectivity index (χ4v) is 4.82. The Hall–Kier alpha value is -3.12. The summed E-state index contributed by atoms with van der Waals surface area (Å²) in [6.45, 7) is 10.5. The van der Waals surface area contributed by atoms with Crippen molar-refractivity contribution < 1.29 is 4.42 Å². The number of fused-ring (bicyclic) bond motifs is 2. The second-order valence-corrected chi connectivity index (χ2v) is 8.80. The number of rotatable bonds is 6. The Kier molecular flexibility index (Phi) is 5.83.